The molecule has 2 saturated carbocycles. The monoisotopic (exact) mass is 411 g/mol. The summed E-state index contributed by atoms with van der Waals surface area (Å²) in [7, 11) is -4.17. The summed E-state index contributed by atoms with van der Waals surface area (Å²) >= 11 is 0. The molecule has 1 aliphatic heterocycles. The van der Waals surface area contributed by atoms with Crippen molar-refractivity contribution in [3.63, 3.8) is 0 Å². The molecule has 148 valence electrons. The van der Waals surface area contributed by atoms with Gasteiger partial charge in [0.2, 0.25) is 15.8 Å². The van der Waals surface area contributed by atoms with Crippen molar-refractivity contribution in [1.82, 2.24) is 14.5 Å². The third kappa shape index (κ3) is 2.40. The van der Waals surface area contributed by atoms with E-state index >= 15 is 0 Å². The maximum atomic E-state index is 13.5. The molecule has 0 radical (unpaired) electrons. The predicted molar refractivity (Wildman–Crippen MR) is 90.8 cm³/mol. The fourth-order valence-electron chi connectivity index (χ4n) is 4.16. The molecule has 10 heteroatoms. The first kappa shape index (κ1) is 17.9. The Labute approximate surface area is 158 Å². The van der Waals surface area contributed by atoms with Crippen molar-refractivity contribution in [1.29, 1.82) is 0 Å². The zero-order valence-corrected chi connectivity index (χ0v) is 15.3. The summed E-state index contributed by atoms with van der Waals surface area (Å²) in [6, 6.07) is 2.92. The minimum absolute atomic E-state index is 0.0751. The largest absolute Gasteiger partial charge is 0.416 e. The number of rotatable bonds is 3. The van der Waals surface area contributed by atoms with Crippen LogP contribution in [0.5, 0.6) is 0 Å². The predicted octanol–water partition coefficient (Wildman–Crippen LogP) is 3.30. The van der Waals surface area contributed by atoms with E-state index in [4.69, 9.17) is 0 Å². The van der Waals surface area contributed by atoms with Crippen LogP contribution in [0.15, 0.2) is 35.4 Å². The highest BCUT2D eigenvalue weighted by Crippen LogP contribution is 2.59. The van der Waals surface area contributed by atoms with E-state index in [9.17, 15) is 26.4 Å². The van der Waals surface area contributed by atoms with Gasteiger partial charge in [-0.05, 0) is 55.9 Å². The SMILES string of the molecule is O=C1c2[nH]ncc2C(C2CC2)N(S(=O)(=O)c2ccc(C(F)(F)F)cc2)C12CC2. The van der Waals surface area contributed by atoms with Crippen molar-refractivity contribution in [3.05, 3.63) is 47.3 Å². The summed E-state index contributed by atoms with van der Waals surface area (Å²) in [5, 5.41) is 6.65. The van der Waals surface area contributed by atoms with E-state index in [0.717, 1.165) is 37.1 Å². The van der Waals surface area contributed by atoms with Gasteiger partial charge in [0.15, 0.2) is 0 Å². The number of sulfonamides is 1. The summed E-state index contributed by atoms with van der Waals surface area (Å²) in [4.78, 5) is 12.8. The number of nitrogens with zero attached hydrogens (tertiary/aromatic N) is 2. The molecule has 3 aliphatic rings. The van der Waals surface area contributed by atoms with Crippen LogP contribution in [0.3, 0.4) is 0 Å². The quantitative estimate of drug-likeness (QED) is 0.840. The van der Waals surface area contributed by atoms with E-state index in [1.165, 1.54) is 10.5 Å². The number of carbonyl (C=O) groups excluding carboxylic acids is 1. The fourth-order valence-corrected chi connectivity index (χ4v) is 6.18. The number of alkyl halides is 3. The van der Waals surface area contributed by atoms with E-state index < -0.39 is 33.3 Å². The molecule has 2 aliphatic carbocycles. The van der Waals surface area contributed by atoms with Gasteiger partial charge in [0.05, 0.1) is 22.7 Å². The van der Waals surface area contributed by atoms with Crippen molar-refractivity contribution in [3.8, 4) is 0 Å². The summed E-state index contributed by atoms with van der Waals surface area (Å²) in [6.07, 6.45) is -0.609. The Morgan fingerprint density at radius 1 is 1.14 bits per heavy atom. The number of ketones is 1. The lowest BCUT2D eigenvalue weighted by atomic mass is 9.91. The first-order valence-corrected chi connectivity index (χ1v) is 10.4. The van der Waals surface area contributed by atoms with Gasteiger partial charge in [-0.1, -0.05) is 0 Å². The van der Waals surface area contributed by atoms with E-state index in [1.807, 2.05) is 0 Å². The topological polar surface area (TPSA) is 83.1 Å². The van der Waals surface area contributed by atoms with Crippen LogP contribution in [-0.2, 0) is 16.2 Å². The molecular formula is C18H16F3N3O3S. The standard InChI is InChI=1S/C18H16F3N3O3S/c19-18(20,21)11-3-5-12(6-4-11)28(26,27)24-15(10-1-2-10)13-9-22-23-14(13)16(25)17(24)7-8-17/h3-6,9-10,15H,1-2,7-8H2,(H,22,23). The molecule has 0 amide bonds. The van der Waals surface area contributed by atoms with Gasteiger partial charge in [-0.3, -0.25) is 9.89 Å². The zero-order chi connectivity index (χ0) is 19.9. The molecule has 1 atom stereocenters. The van der Waals surface area contributed by atoms with Gasteiger partial charge in [-0.25, -0.2) is 8.42 Å². The van der Waals surface area contributed by atoms with Gasteiger partial charge in [-0.2, -0.15) is 22.6 Å². The Balaban J connectivity index is 1.63. The van der Waals surface area contributed by atoms with Crippen LogP contribution in [0.4, 0.5) is 13.2 Å². The molecule has 5 rings (SSSR count). The molecule has 6 nitrogen and oxygen atoms in total. The molecule has 2 aromatic rings. The molecule has 2 fully saturated rings. The normalized spacial score (nSPS) is 24.4. The Hall–Kier alpha value is -2.20. The third-order valence-corrected chi connectivity index (χ3v) is 7.80. The van der Waals surface area contributed by atoms with Crippen LogP contribution < -0.4 is 0 Å². The van der Waals surface area contributed by atoms with Gasteiger partial charge in [0, 0.05) is 5.56 Å². The first-order valence-electron chi connectivity index (χ1n) is 8.96. The third-order valence-electron chi connectivity index (χ3n) is 5.84. The van der Waals surface area contributed by atoms with E-state index in [1.54, 1.807) is 0 Å². The summed E-state index contributed by atoms with van der Waals surface area (Å²) in [6.45, 7) is 0. The Morgan fingerprint density at radius 3 is 2.32 bits per heavy atom. The molecule has 2 heterocycles. The second-order valence-electron chi connectivity index (χ2n) is 7.67. The maximum Gasteiger partial charge on any atom is 0.416 e. The smallest absolute Gasteiger partial charge is 0.290 e. The number of aromatic amines is 1. The molecule has 1 N–H and O–H groups in total. The number of H-pyrrole nitrogens is 1. The minimum Gasteiger partial charge on any atom is -0.290 e. The highest BCUT2D eigenvalue weighted by molar-refractivity contribution is 7.89. The lowest BCUT2D eigenvalue weighted by Gasteiger charge is -2.40. The van der Waals surface area contributed by atoms with Gasteiger partial charge >= 0.3 is 6.18 Å². The lowest BCUT2D eigenvalue weighted by Crippen LogP contribution is -2.53. The van der Waals surface area contributed by atoms with Crippen molar-refractivity contribution in [2.45, 2.75) is 48.3 Å². The van der Waals surface area contributed by atoms with Crippen molar-refractivity contribution in [2.75, 3.05) is 0 Å². The number of aromatic nitrogens is 2. The van der Waals surface area contributed by atoms with Crippen LogP contribution >= 0.6 is 0 Å². The number of fused-ring (bicyclic) bond motifs is 1. The molecule has 1 aromatic heterocycles. The Kier molecular flexibility index (Phi) is 3.47. The van der Waals surface area contributed by atoms with Gasteiger partial charge in [0.1, 0.15) is 11.2 Å². The van der Waals surface area contributed by atoms with E-state index in [0.29, 0.717) is 24.1 Å². The first-order chi connectivity index (χ1) is 13.2. The molecule has 1 aromatic carbocycles. The van der Waals surface area contributed by atoms with Crippen molar-refractivity contribution >= 4 is 15.8 Å². The summed E-state index contributed by atoms with van der Waals surface area (Å²) < 4.78 is 66.8. The molecule has 1 spiro atoms. The fraction of sp³-hybridized carbons (Fsp3) is 0.444. The van der Waals surface area contributed by atoms with E-state index in [-0.39, 0.29) is 16.6 Å². The van der Waals surface area contributed by atoms with Crippen LogP contribution in [0.2, 0.25) is 0 Å². The number of nitrogens with one attached hydrogen (secondary N) is 1. The molecule has 0 saturated heterocycles. The molecular weight excluding hydrogens is 395 g/mol. The molecule has 1 unspecified atom stereocenters. The Bertz CT molecular complexity index is 1070. The van der Waals surface area contributed by atoms with Gasteiger partial charge in [0.25, 0.3) is 0 Å². The van der Waals surface area contributed by atoms with Crippen molar-refractivity contribution in [2.24, 2.45) is 5.92 Å². The second kappa shape index (κ2) is 5.44. The van der Waals surface area contributed by atoms with Crippen LogP contribution in [0.25, 0.3) is 0 Å². The van der Waals surface area contributed by atoms with Crippen LogP contribution in [0, 0.1) is 5.92 Å². The minimum atomic E-state index is -4.55. The maximum absolute atomic E-state index is 13.5. The number of halogens is 3. The molecule has 28 heavy (non-hydrogen) atoms. The average molecular weight is 411 g/mol. The van der Waals surface area contributed by atoms with Crippen molar-refractivity contribution < 1.29 is 26.4 Å². The highest BCUT2D eigenvalue weighted by Gasteiger charge is 2.66. The second-order valence-corrected chi connectivity index (χ2v) is 9.48. The number of benzene rings is 1. The molecule has 0 bridgehead atoms. The summed E-state index contributed by atoms with van der Waals surface area (Å²) in [5.41, 5.74) is -1.17. The van der Waals surface area contributed by atoms with Gasteiger partial charge < -0.3 is 0 Å². The highest BCUT2D eigenvalue weighted by atomic mass is 32.2. The number of hydrogen-bond acceptors (Lipinski definition) is 4. The lowest BCUT2D eigenvalue weighted by molar-refractivity contribution is -0.137. The van der Waals surface area contributed by atoms with E-state index in [2.05, 4.69) is 10.2 Å². The zero-order valence-electron chi connectivity index (χ0n) is 14.5. The van der Waals surface area contributed by atoms with Crippen LogP contribution in [-0.4, -0.2) is 34.2 Å². The Morgan fingerprint density at radius 2 is 1.79 bits per heavy atom. The number of carbonyl (C=O) groups is 1. The number of hydrogen-bond donors (Lipinski definition) is 1. The summed E-state index contributed by atoms with van der Waals surface area (Å²) in [5.74, 6) is -0.237. The van der Waals surface area contributed by atoms with Crippen LogP contribution in [0.1, 0.15) is 53.3 Å². The average Bonchev–Trinajstić information content (AvgIpc) is 3.56. The van der Waals surface area contributed by atoms with Gasteiger partial charge in [-0.15, -0.1) is 0 Å². The number of Topliss-reactive ketones (excluding diaryl/α,β-unsaturated/α-hetero) is 1.